The lowest BCUT2D eigenvalue weighted by Gasteiger charge is -2.23. The van der Waals surface area contributed by atoms with Gasteiger partial charge in [0, 0.05) is 11.3 Å². The minimum Gasteiger partial charge on any atom is -0.467 e. The Hall–Kier alpha value is -1.92. The highest BCUT2D eigenvalue weighted by Gasteiger charge is 2.22. The van der Waals surface area contributed by atoms with Crippen molar-refractivity contribution in [2.75, 3.05) is 12.9 Å². The van der Waals surface area contributed by atoms with Crippen LogP contribution in [0.5, 0.6) is 0 Å². The molecule has 0 aliphatic heterocycles. The molecule has 0 aliphatic rings. The van der Waals surface area contributed by atoms with Crippen molar-refractivity contribution in [3.63, 3.8) is 0 Å². The van der Waals surface area contributed by atoms with Crippen molar-refractivity contribution >= 4 is 17.8 Å². The number of carbonyl (C=O) groups excluding carboxylic acids is 1. The Morgan fingerprint density at radius 1 is 1.22 bits per heavy atom. The van der Waals surface area contributed by atoms with E-state index in [0.29, 0.717) is 5.76 Å². The maximum Gasteiger partial charge on any atom is 0.315 e. The molecule has 0 saturated carbocycles. The highest BCUT2D eigenvalue weighted by molar-refractivity contribution is 7.99. The third-order valence-electron chi connectivity index (χ3n) is 3.64. The molecule has 3 N–H and O–H groups in total. The smallest absolute Gasteiger partial charge is 0.315 e. The normalized spacial score (nSPS) is 14.7. The number of benzene rings is 1. The number of thioether (sulfide) groups is 1. The average molecular weight is 334 g/mol. The number of urea groups is 1. The highest BCUT2D eigenvalue weighted by atomic mass is 32.2. The third-order valence-corrected chi connectivity index (χ3v) is 4.80. The van der Waals surface area contributed by atoms with Crippen LogP contribution in [0.3, 0.4) is 0 Å². The average Bonchev–Trinajstić information content (AvgIpc) is 3.08. The molecule has 3 atom stereocenters. The summed E-state index contributed by atoms with van der Waals surface area (Å²) in [7, 11) is 0. The Morgan fingerprint density at radius 3 is 2.52 bits per heavy atom. The summed E-state index contributed by atoms with van der Waals surface area (Å²) in [5.41, 5.74) is 0.939. The van der Waals surface area contributed by atoms with Crippen molar-refractivity contribution in [2.24, 2.45) is 0 Å². The topological polar surface area (TPSA) is 74.5 Å². The van der Waals surface area contributed by atoms with Crippen LogP contribution in [0.2, 0.25) is 0 Å². The molecule has 6 heteroatoms. The number of aliphatic hydroxyl groups excluding tert-OH is 1. The van der Waals surface area contributed by atoms with Crippen LogP contribution in [0.1, 0.15) is 24.3 Å². The van der Waals surface area contributed by atoms with Crippen molar-refractivity contribution in [1.82, 2.24) is 10.6 Å². The first-order valence-corrected chi connectivity index (χ1v) is 8.73. The molecule has 0 radical (unpaired) electrons. The fourth-order valence-electron chi connectivity index (χ4n) is 2.33. The molecule has 0 spiro atoms. The van der Waals surface area contributed by atoms with Crippen LogP contribution in [0.4, 0.5) is 4.79 Å². The van der Waals surface area contributed by atoms with Crippen LogP contribution < -0.4 is 10.6 Å². The zero-order chi connectivity index (χ0) is 16.7. The molecule has 0 aliphatic carbocycles. The quantitative estimate of drug-likeness (QED) is 0.728. The first-order valence-electron chi connectivity index (χ1n) is 7.44. The maximum atomic E-state index is 12.3. The molecule has 2 aromatic rings. The monoisotopic (exact) mass is 334 g/mol. The number of hydrogen-bond acceptors (Lipinski definition) is 4. The van der Waals surface area contributed by atoms with Gasteiger partial charge in [-0.3, -0.25) is 0 Å². The minimum atomic E-state index is -0.361. The predicted molar refractivity (Wildman–Crippen MR) is 92.5 cm³/mol. The van der Waals surface area contributed by atoms with Gasteiger partial charge in [-0.05, 0) is 30.9 Å². The number of furan rings is 1. The van der Waals surface area contributed by atoms with Crippen LogP contribution >= 0.6 is 11.8 Å². The fraction of sp³-hybridized carbons (Fsp3) is 0.353. The zero-order valence-electron chi connectivity index (χ0n) is 13.2. The van der Waals surface area contributed by atoms with Gasteiger partial charge in [0.25, 0.3) is 0 Å². The molecule has 23 heavy (non-hydrogen) atoms. The lowest BCUT2D eigenvalue weighted by molar-refractivity contribution is 0.229. The van der Waals surface area contributed by atoms with Crippen molar-refractivity contribution in [1.29, 1.82) is 0 Å². The molecule has 2 rings (SSSR count). The van der Waals surface area contributed by atoms with E-state index in [9.17, 15) is 9.90 Å². The second-order valence-corrected chi connectivity index (χ2v) is 6.30. The first-order chi connectivity index (χ1) is 11.2. The highest BCUT2D eigenvalue weighted by Crippen LogP contribution is 2.22. The van der Waals surface area contributed by atoms with E-state index in [-0.39, 0.29) is 30.0 Å². The van der Waals surface area contributed by atoms with E-state index in [1.807, 2.05) is 49.6 Å². The SMILES string of the molecule is CSC(CO)C(C)NC(=O)NC(c1ccccc1)c1ccco1. The molecule has 1 heterocycles. The number of aliphatic hydroxyl groups is 1. The van der Waals surface area contributed by atoms with E-state index in [2.05, 4.69) is 10.6 Å². The van der Waals surface area contributed by atoms with Crippen molar-refractivity contribution in [3.05, 3.63) is 60.1 Å². The van der Waals surface area contributed by atoms with Crippen LogP contribution in [-0.2, 0) is 0 Å². The lowest BCUT2D eigenvalue weighted by atomic mass is 10.0. The van der Waals surface area contributed by atoms with Crippen molar-refractivity contribution < 1.29 is 14.3 Å². The Bertz CT molecular complexity index is 585. The van der Waals surface area contributed by atoms with Gasteiger partial charge in [-0.15, -0.1) is 0 Å². The second-order valence-electron chi connectivity index (χ2n) is 5.22. The number of rotatable bonds is 7. The molecule has 1 aromatic carbocycles. The minimum absolute atomic E-state index is 0.0168. The van der Waals surface area contributed by atoms with E-state index in [1.54, 1.807) is 12.3 Å². The van der Waals surface area contributed by atoms with E-state index in [1.165, 1.54) is 11.8 Å². The molecule has 5 nitrogen and oxygen atoms in total. The molecule has 124 valence electrons. The van der Waals surface area contributed by atoms with Gasteiger partial charge >= 0.3 is 6.03 Å². The summed E-state index contributed by atoms with van der Waals surface area (Å²) in [6.07, 6.45) is 3.50. The van der Waals surface area contributed by atoms with Crippen LogP contribution in [0.15, 0.2) is 53.1 Å². The molecular weight excluding hydrogens is 312 g/mol. The van der Waals surface area contributed by atoms with Gasteiger partial charge in [0.15, 0.2) is 0 Å². The fourth-order valence-corrected chi connectivity index (χ4v) is 2.95. The Kier molecular flexibility index (Phi) is 6.55. The Labute approximate surface area is 140 Å². The Balaban J connectivity index is 2.08. The van der Waals surface area contributed by atoms with Gasteiger partial charge in [0.05, 0.1) is 12.9 Å². The van der Waals surface area contributed by atoms with Gasteiger partial charge < -0.3 is 20.2 Å². The molecule has 0 fully saturated rings. The molecule has 0 saturated heterocycles. The lowest BCUT2D eigenvalue weighted by Crippen LogP contribution is -2.47. The van der Waals surface area contributed by atoms with E-state index in [0.717, 1.165) is 5.56 Å². The summed E-state index contributed by atoms with van der Waals surface area (Å²) in [5, 5.41) is 15.1. The molecule has 1 aromatic heterocycles. The number of nitrogens with one attached hydrogen (secondary N) is 2. The molecule has 2 amide bonds. The maximum absolute atomic E-state index is 12.3. The van der Waals surface area contributed by atoms with Gasteiger partial charge in [0.2, 0.25) is 0 Å². The largest absolute Gasteiger partial charge is 0.467 e. The summed E-state index contributed by atoms with van der Waals surface area (Å²) < 4.78 is 5.46. The zero-order valence-corrected chi connectivity index (χ0v) is 14.0. The molecule has 3 unspecified atom stereocenters. The summed E-state index contributed by atoms with van der Waals surface area (Å²) in [4.78, 5) is 12.3. The second kappa shape index (κ2) is 8.64. The number of hydrogen-bond donors (Lipinski definition) is 3. The third kappa shape index (κ3) is 4.77. The summed E-state index contributed by atoms with van der Waals surface area (Å²) >= 11 is 1.52. The first kappa shape index (κ1) is 17.4. The van der Waals surface area contributed by atoms with Crippen LogP contribution in [0.25, 0.3) is 0 Å². The van der Waals surface area contributed by atoms with Gasteiger partial charge in [-0.25, -0.2) is 4.79 Å². The molecule has 0 bridgehead atoms. The molecular formula is C17H22N2O3S. The van der Waals surface area contributed by atoms with Crippen molar-refractivity contribution in [2.45, 2.75) is 24.3 Å². The summed E-state index contributed by atoms with van der Waals surface area (Å²) in [6, 6.07) is 12.5. The standard InChI is InChI=1S/C17H22N2O3S/c1-12(15(11-20)23-2)18-17(21)19-16(14-9-6-10-22-14)13-7-4-3-5-8-13/h3-10,12,15-16,20H,11H2,1-2H3,(H2,18,19,21). The van der Waals surface area contributed by atoms with Crippen LogP contribution in [-0.4, -0.2) is 35.3 Å². The van der Waals surface area contributed by atoms with E-state index in [4.69, 9.17) is 4.42 Å². The van der Waals surface area contributed by atoms with E-state index < -0.39 is 0 Å². The van der Waals surface area contributed by atoms with Crippen molar-refractivity contribution in [3.8, 4) is 0 Å². The summed E-state index contributed by atoms with van der Waals surface area (Å²) in [6.45, 7) is 1.89. The Morgan fingerprint density at radius 2 is 1.96 bits per heavy atom. The van der Waals surface area contributed by atoms with E-state index >= 15 is 0 Å². The van der Waals surface area contributed by atoms with Gasteiger partial charge in [-0.1, -0.05) is 30.3 Å². The number of amides is 2. The summed E-state index contributed by atoms with van der Waals surface area (Å²) in [5.74, 6) is 0.669. The van der Waals surface area contributed by atoms with Crippen LogP contribution in [0, 0.1) is 0 Å². The predicted octanol–water partition coefficient (Wildman–Crippen LogP) is 2.78. The van der Waals surface area contributed by atoms with Gasteiger partial charge in [0.1, 0.15) is 11.8 Å². The number of carbonyl (C=O) groups is 1. The van der Waals surface area contributed by atoms with Gasteiger partial charge in [-0.2, -0.15) is 11.8 Å².